The van der Waals surface area contributed by atoms with Crippen molar-refractivity contribution in [2.24, 2.45) is 0 Å². The van der Waals surface area contributed by atoms with E-state index in [0.29, 0.717) is 0 Å². The van der Waals surface area contributed by atoms with Gasteiger partial charge in [-0.15, -0.1) is 0 Å². The third-order valence-corrected chi connectivity index (χ3v) is 1.00. The van der Waals surface area contributed by atoms with Crippen molar-refractivity contribution < 1.29 is 123 Å². The normalized spacial score (nSPS) is 10.4. The molecule has 0 bridgehead atoms. The molecule has 0 heterocycles. The van der Waals surface area contributed by atoms with Gasteiger partial charge >= 0.3 is 103 Å². The first kappa shape index (κ1) is 19.7. The third kappa shape index (κ3) is 10.3. The zero-order valence-corrected chi connectivity index (χ0v) is 13.7. The molecule has 0 aromatic rings. The average molecular weight is 223 g/mol. The predicted octanol–water partition coefficient (Wildman–Crippen LogP) is -9.53. The number of aliphatic carboxylic acids is 2. The van der Waals surface area contributed by atoms with Gasteiger partial charge in [0.2, 0.25) is 0 Å². The van der Waals surface area contributed by atoms with E-state index < -0.39 is 24.4 Å². The molecule has 5 nitrogen and oxygen atoms in total. The van der Waals surface area contributed by atoms with Gasteiger partial charge < -0.3 is 25.1 Å². The van der Waals surface area contributed by atoms with Crippen LogP contribution in [0.1, 0.15) is 6.42 Å². The molecule has 58 valence electrons. The molecule has 1 N–H and O–H groups in total. The monoisotopic (exact) mass is 223 g/mol. The van der Waals surface area contributed by atoms with E-state index >= 15 is 0 Å². The first-order valence-corrected chi connectivity index (χ1v) is 2.66. The summed E-state index contributed by atoms with van der Waals surface area (Å²) in [6, 6.07) is -1.16. The summed E-state index contributed by atoms with van der Waals surface area (Å²) in [7, 11) is 1.34. The fourth-order valence-corrected chi connectivity index (χ4v) is 0.470. The maximum atomic E-state index is 10.0. The van der Waals surface area contributed by atoms with E-state index in [2.05, 4.69) is 5.32 Å². The largest absolute Gasteiger partial charge is 1.00 e. The first-order valence-electron chi connectivity index (χ1n) is 2.66. The van der Waals surface area contributed by atoms with Crippen molar-refractivity contribution in [2.45, 2.75) is 12.5 Å². The minimum absolute atomic E-state index is 0. The number of rotatable bonds is 4. The van der Waals surface area contributed by atoms with Gasteiger partial charge in [-0.25, -0.2) is 0 Å². The van der Waals surface area contributed by atoms with E-state index in [1.54, 1.807) is 0 Å². The van der Waals surface area contributed by atoms with Crippen LogP contribution in [-0.4, -0.2) is 25.0 Å². The first-order chi connectivity index (χ1) is 4.57. The second-order valence-electron chi connectivity index (χ2n) is 1.74. The topological polar surface area (TPSA) is 92.3 Å². The molecule has 1 atom stereocenters. The van der Waals surface area contributed by atoms with Crippen LogP contribution in [0.3, 0.4) is 0 Å². The number of hydrogen-bond donors (Lipinski definition) is 1. The Morgan fingerprint density at radius 1 is 1.33 bits per heavy atom. The second kappa shape index (κ2) is 11.2. The van der Waals surface area contributed by atoms with Crippen molar-refractivity contribution in [1.29, 1.82) is 0 Å². The van der Waals surface area contributed by atoms with Crippen molar-refractivity contribution in [3.8, 4) is 0 Å². The minimum atomic E-state index is -1.44. The van der Waals surface area contributed by atoms with Crippen molar-refractivity contribution >= 4 is 11.9 Å². The molecule has 0 aromatic heterocycles. The molecule has 0 aliphatic carbocycles. The molecule has 1 unspecified atom stereocenters. The van der Waals surface area contributed by atoms with Gasteiger partial charge in [-0.2, -0.15) is 0 Å². The Kier molecular flexibility index (Phi) is 18.5. The zero-order valence-electron chi connectivity index (χ0n) is 7.42. The summed E-state index contributed by atoms with van der Waals surface area (Å²) in [6.07, 6.45) is -0.571. The standard InChI is InChI=1S/C5H9NO4.2K/c1-6-3(5(9)10)2-4(7)8;;/h3,6H,2H2,1H3,(H,7,8)(H,9,10);;/q;2*+1/p-2. The maximum absolute atomic E-state index is 10.0. The molecular weight excluding hydrogens is 216 g/mol. The summed E-state index contributed by atoms with van der Waals surface area (Å²) >= 11 is 0. The number of carboxylic acids is 2. The molecule has 0 fully saturated rings. The number of hydrogen-bond acceptors (Lipinski definition) is 5. The number of carbonyl (C=O) groups is 2. The summed E-state index contributed by atoms with van der Waals surface area (Å²) in [4.78, 5) is 19.8. The van der Waals surface area contributed by atoms with Crippen LogP contribution in [0.4, 0.5) is 0 Å². The van der Waals surface area contributed by atoms with Gasteiger partial charge in [-0.3, -0.25) is 0 Å². The Hall–Kier alpha value is 2.17. The van der Waals surface area contributed by atoms with Crippen molar-refractivity contribution in [2.75, 3.05) is 7.05 Å². The van der Waals surface area contributed by atoms with Gasteiger partial charge in [0.15, 0.2) is 0 Å². The quantitative estimate of drug-likeness (QED) is 0.478. The summed E-state index contributed by atoms with van der Waals surface area (Å²) in [5.74, 6) is -2.85. The molecule has 0 spiro atoms. The van der Waals surface area contributed by atoms with Gasteiger partial charge in [0.25, 0.3) is 0 Å². The number of nitrogens with one attached hydrogen (secondary N) is 1. The van der Waals surface area contributed by atoms with Crippen LogP contribution in [0.2, 0.25) is 0 Å². The fourth-order valence-electron chi connectivity index (χ4n) is 0.470. The minimum Gasteiger partial charge on any atom is -0.550 e. The van der Waals surface area contributed by atoms with Crippen LogP contribution in [0.25, 0.3) is 0 Å². The molecule has 0 saturated heterocycles. The van der Waals surface area contributed by atoms with E-state index in [9.17, 15) is 19.8 Å². The van der Waals surface area contributed by atoms with Crippen LogP contribution in [0.15, 0.2) is 0 Å². The van der Waals surface area contributed by atoms with E-state index in [0.717, 1.165) is 0 Å². The van der Waals surface area contributed by atoms with Gasteiger partial charge in [-0.1, -0.05) is 0 Å². The van der Waals surface area contributed by atoms with E-state index in [1.807, 2.05) is 0 Å². The van der Waals surface area contributed by atoms with Crippen LogP contribution >= 0.6 is 0 Å². The SMILES string of the molecule is CNC(CC(=O)[O-])C(=O)[O-].[K+].[K+]. The number of carboxylic acid groups (broad SMARTS) is 2. The van der Waals surface area contributed by atoms with Crippen LogP contribution in [0, 0.1) is 0 Å². The molecule has 0 radical (unpaired) electrons. The fraction of sp³-hybridized carbons (Fsp3) is 0.600. The van der Waals surface area contributed by atoms with Crippen LogP contribution in [0.5, 0.6) is 0 Å². The predicted molar refractivity (Wildman–Crippen MR) is 27.5 cm³/mol. The smallest absolute Gasteiger partial charge is 0.550 e. The van der Waals surface area contributed by atoms with Crippen molar-refractivity contribution in [3.63, 3.8) is 0 Å². The van der Waals surface area contributed by atoms with Gasteiger partial charge in [-0.05, 0) is 7.05 Å². The Bertz CT molecular complexity index is 152. The molecule has 0 aliphatic rings. The number of likely N-dealkylation sites (N-methyl/N-ethyl adjacent to an activating group) is 1. The zero-order chi connectivity index (χ0) is 8.15. The van der Waals surface area contributed by atoms with Crippen molar-refractivity contribution in [1.82, 2.24) is 5.32 Å². The Morgan fingerprint density at radius 2 is 1.75 bits per heavy atom. The molecule has 0 aromatic carbocycles. The number of carbonyl (C=O) groups excluding carboxylic acids is 2. The Balaban J connectivity index is -0.000000405. The molecule has 0 aliphatic heterocycles. The molecule has 7 heteroatoms. The summed E-state index contributed by atoms with van der Waals surface area (Å²) in [5.41, 5.74) is 0. The molecule has 0 amide bonds. The molecule has 0 rings (SSSR count). The molecular formula is C5H7K2NO4. The van der Waals surface area contributed by atoms with Gasteiger partial charge in [0, 0.05) is 12.4 Å². The van der Waals surface area contributed by atoms with E-state index in [1.165, 1.54) is 7.05 Å². The third-order valence-electron chi connectivity index (χ3n) is 1.00. The Labute approximate surface area is 156 Å². The van der Waals surface area contributed by atoms with Crippen molar-refractivity contribution in [3.05, 3.63) is 0 Å². The maximum Gasteiger partial charge on any atom is 1.00 e. The molecule has 0 saturated carbocycles. The van der Waals surface area contributed by atoms with E-state index in [4.69, 9.17) is 0 Å². The van der Waals surface area contributed by atoms with Crippen LogP contribution in [-0.2, 0) is 9.59 Å². The van der Waals surface area contributed by atoms with Gasteiger partial charge in [0.1, 0.15) is 0 Å². The summed E-state index contributed by atoms with van der Waals surface area (Å²) in [6.45, 7) is 0. The second-order valence-corrected chi connectivity index (χ2v) is 1.74. The summed E-state index contributed by atoms with van der Waals surface area (Å²) < 4.78 is 0. The Morgan fingerprint density at radius 3 is 1.83 bits per heavy atom. The van der Waals surface area contributed by atoms with E-state index in [-0.39, 0.29) is 103 Å². The van der Waals surface area contributed by atoms with Crippen LogP contribution < -0.4 is 118 Å². The average Bonchev–Trinajstić information content (AvgIpc) is 1.81. The van der Waals surface area contributed by atoms with Gasteiger partial charge in [0.05, 0.1) is 12.0 Å². The molecule has 12 heavy (non-hydrogen) atoms. The summed E-state index contributed by atoms with van der Waals surface area (Å²) in [5, 5.41) is 22.1.